The molecule has 0 N–H and O–H groups in total. The predicted octanol–water partition coefficient (Wildman–Crippen LogP) is 4.88. The van der Waals surface area contributed by atoms with Gasteiger partial charge in [0, 0.05) is 11.8 Å². The maximum atomic E-state index is 5.88. The van der Waals surface area contributed by atoms with Gasteiger partial charge in [-0.1, -0.05) is 37.1 Å². The Balaban J connectivity index is 1.54. The zero-order chi connectivity index (χ0) is 16.9. The first-order valence-electron chi connectivity index (χ1n) is 8.89. The average Bonchev–Trinajstić information content (AvgIpc) is 2.96. The summed E-state index contributed by atoms with van der Waals surface area (Å²) in [4.78, 5) is 0. The van der Waals surface area contributed by atoms with E-state index in [9.17, 15) is 0 Å². The molecule has 24 heavy (non-hydrogen) atoms. The molecular weight excluding hydrogens is 318 g/mol. The summed E-state index contributed by atoms with van der Waals surface area (Å²) in [6.45, 7) is 6.99. The van der Waals surface area contributed by atoms with Crippen LogP contribution >= 0.6 is 11.8 Å². The maximum Gasteiger partial charge on any atom is 0.191 e. The first-order chi connectivity index (χ1) is 11.6. The average molecular weight is 346 g/mol. The largest absolute Gasteiger partial charge is 0.493 e. The molecule has 0 saturated heterocycles. The fraction of sp³-hybridized carbons (Fsp3) is 0.579. The molecule has 1 saturated carbocycles. The van der Waals surface area contributed by atoms with Gasteiger partial charge >= 0.3 is 0 Å². The van der Waals surface area contributed by atoms with Gasteiger partial charge in [0.25, 0.3) is 0 Å². The van der Waals surface area contributed by atoms with Crippen LogP contribution in [0.4, 0.5) is 0 Å². The zero-order valence-corrected chi connectivity index (χ0v) is 15.7. The molecule has 3 rings (SSSR count). The van der Waals surface area contributed by atoms with E-state index in [1.165, 1.54) is 43.2 Å². The molecule has 1 aromatic heterocycles. The number of hydrogen-bond acceptors (Lipinski definition) is 4. The van der Waals surface area contributed by atoms with E-state index in [4.69, 9.17) is 4.74 Å². The Labute approximate surface area is 149 Å². The molecule has 0 unspecified atom stereocenters. The molecule has 2 aromatic rings. The van der Waals surface area contributed by atoms with E-state index in [1.54, 1.807) is 11.8 Å². The number of ether oxygens (including phenoxy) is 1. The topological polar surface area (TPSA) is 39.9 Å². The number of hydrogen-bond donors (Lipinski definition) is 0. The van der Waals surface area contributed by atoms with E-state index in [-0.39, 0.29) is 0 Å². The number of nitrogens with zero attached hydrogens (tertiary/aromatic N) is 3. The molecule has 1 fully saturated rings. The minimum atomic E-state index is 0.580. The standard InChI is InChI=1S/C19H27N3OS/c1-14-9-10-18(13-15(14)2)23-11-12-24-19-21-20-16(3)22(19)17-7-5-4-6-8-17/h9-10,13,17H,4-8,11-12H2,1-3H3. The Morgan fingerprint density at radius 1 is 1.08 bits per heavy atom. The summed E-state index contributed by atoms with van der Waals surface area (Å²) in [7, 11) is 0. The van der Waals surface area contributed by atoms with E-state index >= 15 is 0 Å². The summed E-state index contributed by atoms with van der Waals surface area (Å²) in [5.41, 5.74) is 2.57. The van der Waals surface area contributed by atoms with Crippen LogP contribution in [0.25, 0.3) is 0 Å². The Morgan fingerprint density at radius 3 is 2.62 bits per heavy atom. The molecule has 0 bridgehead atoms. The van der Waals surface area contributed by atoms with Crippen LogP contribution in [0.1, 0.15) is 55.1 Å². The van der Waals surface area contributed by atoms with Crippen molar-refractivity contribution in [2.75, 3.05) is 12.4 Å². The van der Waals surface area contributed by atoms with Crippen LogP contribution in [0.5, 0.6) is 5.75 Å². The molecule has 0 aliphatic heterocycles. The molecule has 1 aliphatic rings. The number of rotatable bonds is 6. The minimum Gasteiger partial charge on any atom is -0.493 e. The third-order valence-corrected chi connectivity index (χ3v) is 5.74. The molecule has 130 valence electrons. The lowest BCUT2D eigenvalue weighted by atomic mass is 9.95. The lowest BCUT2D eigenvalue weighted by molar-refractivity contribution is 0.330. The van der Waals surface area contributed by atoms with Gasteiger partial charge in [-0.25, -0.2) is 0 Å². The number of thioether (sulfide) groups is 1. The smallest absolute Gasteiger partial charge is 0.191 e. The SMILES string of the molecule is Cc1ccc(OCCSc2nnc(C)n2C2CCCCC2)cc1C. The Bertz CT molecular complexity index is 677. The molecule has 0 radical (unpaired) electrons. The van der Waals surface area contributed by atoms with Gasteiger partial charge in [-0.3, -0.25) is 0 Å². The Morgan fingerprint density at radius 2 is 1.88 bits per heavy atom. The van der Waals surface area contributed by atoms with E-state index in [1.807, 2.05) is 6.07 Å². The molecule has 1 aromatic carbocycles. The van der Waals surface area contributed by atoms with Crippen molar-refractivity contribution in [2.24, 2.45) is 0 Å². The second-order valence-corrected chi connectivity index (χ2v) is 7.70. The fourth-order valence-corrected chi connectivity index (χ4v) is 4.17. The number of aryl methyl sites for hydroxylation is 3. The normalized spacial score (nSPS) is 15.6. The van der Waals surface area contributed by atoms with Gasteiger partial charge in [0.1, 0.15) is 11.6 Å². The molecule has 5 heteroatoms. The highest BCUT2D eigenvalue weighted by Gasteiger charge is 2.21. The fourth-order valence-electron chi connectivity index (χ4n) is 3.30. The summed E-state index contributed by atoms with van der Waals surface area (Å²) in [6.07, 6.45) is 6.52. The van der Waals surface area contributed by atoms with Gasteiger partial charge in [0.2, 0.25) is 0 Å². The van der Waals surface area contributed by atoms with E-state index < -0.39 is 0 Å². The number of aromatic nitrogens is 3. The van der Waals surface area contributed by atoms with Crippen LogP contribution in [-0.2, 0) is 0 Å². The van der Waals surface area contributed by atoms with Crippen LogP contribution in [0.2, 0.25) is 0 Å². The van der Waals surface area contributed by atoms with Gasteiger partial charge < -0.3 is 9.30 Å². The highest BCUT2D eigenvalue weighted by atomic mass is 32.2. The highest BCUT2D eigenvalue weighted by molar-refractivity contribution is 7.99. The van der Waals surface area contributed by atoms with E-state index in [0.717, 1.165) is 22.5 Å². The molecule has 0 spiro atoms. The second kappa shape index (κ2) is 8.06. The van der Waals surface area contributed by atoms with Crippen molar-refractivity contribution in [3.8, 4) is 5.75 Å². The summed E-state index contributed by atoms with van der Waals surface area (Å²) in [5, 5.41) is 9.73. The highest BCUT2D eigenvalue weighted by Crippen LogP contribution is 2.32. The van der Waals surface area contributed by atoms with Crippen LogP contribution < -0.4 is 4.74 Å². The van der Waals surface area contributed by atoms with Gasteiger partial charge in [-0.05, 0) is 56.9 Å². The van der Waals surface area contributed by atoms with Crippen molar-refractivity contribution < 1.29 is 4.74 Å². The second-order valence-electron chi connectivity index (χ2n) is 6.63. The van der Waals surface area contributed by atoms with Crippen molar-refractivity contribution in [1.29, 1.82) is 0 Å². The van der Waals surface area contributed by atoms with E-state index in [0.29, 0.717) is 12.6 Å². The van der Waals surface area contributed by atoms with Crippen LogP contribution in [0.15, 0.2) is 23.4 Å². The Hall–Kier alpha value is -1.49. The summed E-state index contributed by atoms with van der Waals surface area (Å²) >= 11 is 1.75. The molecular formula is C19H27N3OS. The first-order valence-corrected chi connectivity index (χ1v) is 9.88. The third-order valence-electron chi connectivity index (χ3n) is 4.84. The van der Waals surface area contributed by atoms with Crippen molar-refractivity contribution in [2.45, 2.75) is 64.1 Å². The predicted molar refractivity (Wildman–Crippen MR) is 99.0 cm³/mol. The maximum absolute atomic E-state index is 5.88. The molecule has 1 heterocycles. The van der Waals surface area contributed by atoms with Gasteiger partial charge in [-0.2, -0.15) is 0 Å². The minimum absolute atomic E-state index is 0.580. The van der Waals surface area contributed by atoms with Crippen molar-refractivity contribution in [1.82, 2.24) is 14.8 Å². The van der Waals surface area contributed by atoms with Crippen LogP contribution in [-0.4, -0.2) is 27.1 Å². The van der Waals surface area contributed by atoms with Gasteiger partial charge in [0.05, 0.1) is 6.61 Å². The summed E-state index contributed by atoms with van der Waals surface area (Å²) < 4.78 is 8.22. The zero-order valence-electron chi connectivity index (χ0n) is 14.9. The third kappa shape index (κ3) is 4.12. The summed E-state index contributed by atoms with van der Waals surface area (Å²) in [5.74, 6) is 2.88. The molecule has 0 atom stereocenters. The van der Waals surface area contributed by atoms with Gasteiger partial charge in [0.15, 0.2) is 5.16 Å². The Kier molecular flexibility index (Phi) is 5.82. The van der Waals surface area contributed by atoms with Crippen molar-refractivity contribution >= 4 is 11.8 Å². The molecule has 1 aliphatic carbocycles. The van der Waals surface area contributed by atoms with Crippen LogP contribution in [0.3, 0.4) is 0 Å². The van der Waals surface area contributed by atoms with E-state index in [2.05, 4.69) is 47.7 Å². The van der Waals surface area contributed by atoms with Crippen LogP contribution in [0, 0.1) is 20.8 Å². The van der Waals surface area contributed by atoms with Gasteiger partial charge in [-0.15, -0.1) is 10.2 Å². The lowest BCUT2D eigenvalue weighted by Gasteiger charge is -2.25. The quantitative estimate of drug-likeness (QED) is 0.552. The monoisotopic (exact) mass is 345 g/mol. The first kappa shape index (κ1) is 17.3. The molecule has 0 amide bonds. The summed E-state index contributed by atoms with van der Waals surface area (Å²) in [6, 6.07) is 6.84. The molecule has 4 nitrogen and oxygen atoms in total. The number of benzene rings is 1. The lowest BCUT2D eigenvalue weighted by Crippen LogP contribution is -2.15. The van der Waals surface area contributed by atoms with Crippen molar-refractivity contribution in [3.63, 3.8) is 0 Å². The van der Waals surface area contributed by atoms with Crippen molar-refractivity contribution in [3.05, 3.63) is 35.2 Å².